The first kappa shape index (κ1) is 17.0. The average Bonchev–Trinajstić information content (AvgIpc) is 2.53. The molecule has 0 heterocycles. The van der Waals surface area contributed by atoms with Crippen LogP contribution in [0.5, 0.6) is 0 Å². The van der Waals surface area contributed by atoms with Crippen molar-refractivity contribution in [3.63, 3.8) is 0 Å². The van der Waals surface area contributed by atoms with Gasteiger partial charge in [0.25, 0.3) is 5.69 Å². The summed E-state index contributed by atoms with van der Waals surface area (Å²) in [5.41, 5.74) is -0.0177. The number of rotatable bonds is 5. The van der Waals surface area contributed by atoms with Gasteiger partial charge in [-0.1, -0.05) is 0 Å². The molecule has 0 radical (unpaired) electrons. The highest BCUT2D eigenvalue weighted by molar-refractivity contribution is 7.89. The molecule has 1 aromatic rings. The lowest BCUT2D eigenvalue weighted by atomic mass is 9.48. The Morgan fingerprint density at radius 3 is 2.00 bits per heavy atom. The molecule has 4 bridgehead atoms. The summed E-state index contributed by atoms with van der Waals surface area (Å²) in [6.45, 7) is 2.00. The molecule has 4 saturated carbocycles. The Balaban J connectivity index is 1.53. The second-order valence-corrected chi connectivity index (χ2v) is 10.1. The fourth-order valence-corrected chi connectivity index (χ4v) is 7.23. The molecule has 4 aliphatic carbocycles. The number of sulfonamides is 1. The van der Waals surface area contributed by atoms with Crippen LogP contribution in [-0.2, 0) is 10.0 Å². The van der Waals surface area contributed by atoms with Crippen LogP contribution in [0, 0.1) is 33.3 Å². The van der Waals surface area contributed by atoms with E-state index in [0.717, 1.165) is 37.0 Å². The molecule has 4 aliphatic rings. The Kier molecular flexibility index (Phi) is 3.92. The summed E-state index contributed by atoms with van der Waals surface area (Å²) in [7, 11) is -3.67. The van der Waals surface area contributed by atoms with Gasteiger partial charge >= 0.3 is 0 Å². The van der Waals surface area contributed by atoms with E-state index in [1.54, 1.807) is 0 Å². The number of nitrogens with one attached hydrogen (secondary N) is 1. The molecule has 4 fully saturated rings. The van der Waals surface area contributed by atoms with Crippen molar-refractivity contribution in [2.24, 2.45) is 23.2 Å². The molecule has 1 unspecified atom stereocenters. The van der Waals surface area contributed by atoms with Crippen LogP contribution < -0.4 is 4.72 Å². The predicted octanol–water partition coefficient (Wildman–Crippen LogP) is 3.48. The Morgan fingerprint density at radius 2 is 1.56 bits per heavy atom. The first-order chi connectivity index (χ1) is 11.8. The third-order valence-electron chi connectivity index (χ3n) is 6.69. The van der Waals surface area contributed by atoms with Gasteiger partial charge in [-0.3, -0.25) is 10.1 Å². The van der Waals surface area contributed by atoms with Gasteiger partial charge in [-0.15, -0.1) is 0 Å². The van der Waals surface area contributed by atoms with Crippen molar-refractivity contribution in [3.8, 4) is 0 Å². The highest BCUT2D eigenvalue weighted by Crippen LogP contribution is 2.61. The lowest BCUT2D eigenvalue weighted by Gasteiger charge is -2.59. The van der Waals surface area contributed by atoms with Crippen molar-refractivity contribution in [2.75, 3.05) is 0 Å². The molecule has 0 saturated heterocycles. The molecule has 0 amide bonds. The summed E-state index contributed by atoms with van der Waals surface area (Å²) >= 11 is 0. The first-order valence-corrected chi connectivity index (χ1v) is 10.5. The molecule has 1 N–H and O–H groups in total. The maximum Gasteiger partial charge on any atom is 0.269 e. The molecular formula is C18H24N2O4S. The Labute approximate surface area is 148 Å². The minimum atomic E-state index is -3.67. The molecule has 1 atom stereocenters. The summed E-state index contributed by atoms with van der Waals surface area (Å²) in [5, 5.41) is 10.7. The van der Waals surface area contributed by atoms with Gasteiger partial charge in [0, 0.05) is 18.2 Å². The van der Waals surface area contributed by atoms with E-state index >= 15 is 0 Å². The van der Waals surface area contributed by atoms with E-state index in [9.17, 15) is 18.5 Å². The fourth-order valence-electron chi connectivity index (χ4n) is 5.88. The summed E-state index contributed by atoms with van der Waals surface area (Å²) in [4.78, 5) is 10.3. The number of benzene rings is 1. The van der Waals surface area contributed by atoms with Crippen LogP contribution in [-0.4, -0.2) is 19.4 Å². The van der Waals surface area contributed by atoms with Gasteiger partial charge in [-0.2, -0.15) is 0 Å². The van der Waals surface area contributed by atoms with E-state index < -0.39 is 14.9 Å². The third kappa shape index (κ3) is 2.97. The van der Waals surface area contributed by atoms with Gasteiger partial charge in [-0.05, 0) is 80.8 Å². The largest absolute Gasteiger partial charge is 0.269 e. The number of nitrogens with zero attached hydrogens (tertiary/aromatic N) is 1. The molecule has 7 heteroatoms. The zero-order valence-electron chi connectivity index (χ0n) is 14.3. The van der Waals surface area contributed by atoms with Crippen LogP contribution in [0.4, 0.5) is 5.69 Å². The van der Waals surface area contributed by atoms with Gasteiger partial charge in [0.05, 0.1) is 9.82 Å². The smallest absolute Gasteiger partial charge is 0.258 e. The number of hydrogen-bond acceptors (Lipinski definition) is 4. The predicted molar refractivity (Wildman–Crippen MR) is 93.5 cm³/mol. The monoisotopic (exact) mass is 364 g/mol. The number of nitro benzene ring substituents is 1. The van der Waals surface area contributed by atoms with Crippen LogP contribution >= 0.6 is 0 Å². The third-order valence-corrected chi connectivity index (χ3v) is 8.25. The zero-order chi connectivity index (χ0) is 17.8. The Bertz CT molecular complexity index is 753. The number of nitro groups is 1. The minimum Gasteiger partial charge on any atom is -0.258 e. The van der Waals surface area contributed by atoms with Gasteiger partial charge in [-0.25, -0.2) is 13.1 Å². The summed E-state index contributed by atoms with van der Waals surface area (Å²) in [6, 6.07) is 4.99. The SMILES string of the molecule is CC(NS(=O)(=O)c1ccc([N+](=O)[O-])cc1)C12CC3CC(CC(C3)C1)C2. The molecule has 0 aromatic heterocycles. The molecule has 5 rings (SSSR count). The van der Waals surface area contributed by atoms with Crippen LogP contribution in [0.25, 0.3) is 0 Å². The van der Waals surface area contributed by atoms with E-state index in [4.69, 9.17) is 0 Å². The van der Waals surface area contributed by atoms with E-state index in [1.807, 2.05) is 6.92 Å². The summed E-state index contributed by atoms with van der Waals surface area (Å²) < 4.78 is 28.4. The van der Waals surface area contributed by atoms with Crippen molar-refractivity contribution in [3.05, 3.63) is 34.4 Å². The minimum absolute atomic E-state index is 0.0859. The van der Waals surface area contributed by atoms with Crippen molar-refractivity contribution < 1.29 is 13.3 Å². The molecule has 0 spiro atoms. The fraction of sp³-hybridized carbons (Fsp3) is 0.667. The van der Waals surface area contributed by atoms with E-state index in [2.05, 4.69) is 4.72 Å². The van der Waals surface area contributed by atoms with Gasteiger partial charge < -0.3 is 0 Å². The topological polar surface area (TPSA) is 89.3 Å². The highest BCUT2D eigenvalue weighted by Gasteiger charge is 2.53. The standard InChI is InChI=1S/C18H24N2O4S/c1-12(18-9-13-6-14(10-18)8-15(7-13)11-18)19-25(23,24)17-4-2-16(3-5-17)20(21)22/h2-5,12-15,19H,6-11H2,1H3. The quantitative estimate of drug-likeness (QED) is 0.640. The van der Waals surface area contributed by atoms with Crippen molar-refractivity contribution >= 4 is 15.7 Å². The van der Waals surface area contributed by atoms with E-state index in [-0.39, 0.29) is 22.0 Å². The molecule has 25 heavy (non-hydrogen) atoms. The Hall–Kier alpha value is -1.47. The van der Waals surface area contributed by atoms with E-state index in [0.29, 0.717) is 0 Å². The molecule has 0 aliphatic heterocycles. The second kappa shape index (κ2) is 5.77. The van der Waals surface area contributed by atoms with Crippen LogP contribution in [0.3, 0.4) is 0 Å². The Morgan fingerprint density at radius 1 is 1.08 bits per heavy atom. The maximum absolute atomic E-state index is 12.7. The molecule has 6 nitrogen and oxygen atoms in total. The van der Waals surface area contributed by atoms with Crippen molar-refractivity contribution in [1.82, 2.24) is 4.72 Å². The van der Waals surface area contributed by atoms with Gasteiger partial charge in [0.1, 0.15) is 0 Å². The lowest BCUT2D eigenvalue weighted by molar-refractivity contribution is -0.384. The molecule has 1 aromatic carbocycles. The number of hydrogen-bond donors (Lipinski definition) is 1. The maximum atomic E-state index is 12.7. The molecule has 136 valence electrons. The number of non-ortho nitro benzene ring substituents is 1. The second-order valence-electron chi connectivity index (χ2n) is 8.37. The summed E-state index contributed by atoms with van der Waals surface area (Å²) in [6.07, 6.45) is 7.35. The van der Waals surface area contributed by atoms with Crippen LogP contribution in [0.2, 0.25) is 0 Å². The summed E-state index contributed by atoms with van der Waals surface area (Å²) in [5.74, 6) is 2.28. The highest BCUT2D eigenvalue weighted by atomic mass is 32.2. The van der Waals surface area contributed by atoms with Crippen molar-refractivity contribution in [1.29, 1.82) is 0 Å². The zero-order valence-corrected chi connectivity index (χ0v) is 15.2. The average molecular weight is 364 g/mol. The van der Waals surface area contributed by atoms with E-state index in [1.165, 1.54) is 43.5 Å². The van der Waals surface area contributed by atoms with Crippen LogP contribution in [0.1, 0.15) is 45.4 Å². The normalized spacial score (nSPS) is 34.8. The van der Waals surface area contributed by atoms with Crippen LogP contribution in [0.15, 0.2) is 29.2 Å². The van der Waals surface area contributed by atoms with Gasteiger partial charge in [0.2, 0.25) is 10.0 Å². The van der Waals surface area contributed by atoms with Crippen molar-refractivity contribution in [2.45, 2.75) is 56.4 Å². The first-order valence-electron chi connectivity index (χ1n) is 9.04. The lowest BCUT2D eigenvalue weighted by Crippen LogP contribution is -2.55. The molecular weight excluding hydrogens is 340 g/mol. The van der Waals surface area contributed by atoms with Gasteiger partial charge in [0.15, 0.2) is 0 Å².